The highest BCUT2D eigenvalue weighted by Gasteiger charge is 2.31. The van der Waals surface area contributed by atoms with Gasteiger partial charge in [-0.05, 0) is 59.8 Å². The minimum absolute atomic E-state index is 0.0191. The zero-order valence-corrected chi connectivity index (χ0v) is 17.4. The number of aromatic nitrogens is 4. The molecule has 0 aliphatic heterocycles. The van der Waals surface area contributed by atoms with E-state index in [0.717, 1.165) is 23.3 Å². The predicted molar refractivity (Wildman–Crippen MR) is 113 cm³/mol. The van der Waals surface area contributed by atoms with Gasteiger partial charge >= 0.3 is 6.18 Å². The number of benzene rings is 2. The van der Waals surface area contributed by atoms with E-state index in [-0.39, 0.29) is 16.9 Å². The largest absolute Gasteiger partial charge is 0.437 e. The van der Waals surface area contributed by atoms with Crippen LogP contribution in [0, 0.1) is 0 Å². The standard InChI is InChI=1S/C22H17ClF3N5O/c23-21-29-28-19-8-9-20(30-31(19)21)32-18-11-15(22(24,25)26)4-7-17(18)14-3-1-2-13(10-14)12-27-16-5-6-16/h1-4,7-11,16,27H,5-6,12H2. The monoisotopic (exact) mass is 459 g/mol. The Hall–Kier alpha value is -3.17. The molecule has 0 saturated heterocycles. The molecule has 2 heterocycles. The zero-order chi connectivity index (χ0) is 22.3. The van der Waals surface area contributed by atoms with Gasteiger partial charge in [-0.25, -0.2) is 0 Å². The Kier molecular flexibility index (Phi) is 5.22. The third kappa shape index (κ3) is 4.39. The van der Waals surface area contributed by atoms with Crippen molar-refractivity contribution in [2.24, 2.45) is 0 Å². The van der Waals surface area contributed by atoms with Crippen LogP contribution in [-0.2, 0) is 12.7 Å². The molecule has 0 spiro atoms. The van der Waals surface area contributed by atoms with Crippen LogP contribution in [0.4, 0.5) is 13.2 Å². The van der Waals surface area contributed by atoms with E-state index >= 15 is 0 Å². The molecule has 4 aromatic rings. The first-order chi connectivity index (χ1) is 15.4. The molecule has 1 aliphatic carbocycles. The van der Waals surface area contributed by atoms with E-state index in [1.807, 2.05) is 24.3 Å². The molecule has 0 atom stereocenters. The summed E-state index contributed by atoms with van der Waals surface area (Å²) in [5.74, 6) is 0.0921. The van der Waals surface area contributed by atoms with E-state index in [1.165, 1.54) is 29.5 Å². The van der Waals surface area contributed by atoms with Crippen molar-refractivity contribution in [3.63, 3.8) is 0 Å². The van der Waals surface area contributed by atoms with Gasteiger partial charge in [0.05, 0.1) is 5.56 Å². The fourth-order valence-corrected chi connectivity index (χ4v) is 3.50. The number of halogens is 4. The molecule has 5 rings (SSSR count). The second-order valence-electron chi connectivity index (χ2n) is 7.58. The summed E-state index contributed by atoms with van der Waals surface area (Å²) < 4.78 is 47.2. The van der Waals surface area contributed by atoms with Crippen molar-refractivity contribution in [2.75, 3.05) is 0 Å². The summed E-state index contributed by atoms with van der Waals surface area (Å²) in [6.45, 7) is 0.694. The van der Waals surface area contributed by atoms with Gasteiger partial charge in [0.25, 0.3) is 0 Å². The number of hydrogen-bond donors (Lipinski definition) is 1. The second kappa shape index (κ2) is 8.07. The molecule has 2 aromatic carbocycles. The summed E-state index contributed by atoms with van der Waals surface area (Å²) >= 11 is 5.95. The molecule has 0 radical (unpaired) electrons. The molecule has 0 unspecified atom stereocenters. The zero-order valence-electron chi connectivity index (χ0n) is 16.6. The lowest BCUT2D eigenvalue weighted by molar-refractivity contribution is -0.137. The van der Waals surface area contributed by atoms with Gasteiger partial charge in [0.15, 0.2) is 5.65 Å². The highest BCUT2D eigenvalue weighted by atomic mass is 35.5. The Bertz CT molecular complexity index is 1290. The van der Waals surface area contributed by atoms with Crippen LogP contribution in [0.15, 0.2) is 54.6 Å². The molecule has 1 fully saturated rings. The molecule has 1 saturated carbocycles. The van der Waals surface area contributed by atoms with Crippen molar-refractivity contribution in [3.05, 3.63) is 71.0 Å². The molecular weight excluding hydrogens is 443 g/mol. The average Bonchev–Trinajstić information content (AvgIpc) is 3.54. The van der Waals surface area contributed by atoms with Gasteiger partial charge in [-0.15, -0.1) is 15.3 Å². The average molecular weight is 460 g/mol. The van der Waals surface area contributed by atoms with E-state index in [2.05, 4.69) is 20.6 Å². The van der Waals surface area contributed by atoms with E-state index < -0.39 is 11.7 Å². The first-order valence-corrected chi connectivity index (χ1v) is 10.3. The molecule has 0 bridgehead atoms. The van der Waals surface area contributed by atoms with Crippen LogP contribution in [0.3, 0.4) is 0 Å². The number of fused-ring (bicyclic) bond motifs is 1. The van der Waals surface area contributed by atoms with Gasteiger partial charge < -0.3 is 10.1 Å². The Morgan fingerprint density at radius 2 is 1.91 bits per heavy atom. The summed E-state index contributed by atoms with van der Waals surface area (Å²) in [5, 5.41) is 15.2. The Balaban J connectivity index is 1.53. The number of nitrogens with one attached hydrogen (secondary N) is 1. The van der Waals surface area contributed by atoms with Crippen LogP contribution >= 0.6 is 11.6 Å². The molecule has 2 aromatic heterocycles. The Labute approximate surface area is 186 Å². The first kappa shape index (κ1) is 20.7. The summed E-state index contributed by atoms with van der Waals surface area (Å²) in [7, 11) is 0. The Morgan fingerprint density at radius 3 is 2.69 bits per heavy atom. The van der Waals surface area contributed by atoms with Gasteiger partial charge in [0.1, 0.15) is 5.75 Å². The van der Waals surface area contributed by atoms with Crippen LogP contribution in [0.25, 0.3) is 16.8 Å². The predicted octanol–water partition coefficient (Wildman–Crippen LogP) is 5.51. The van der Waals surface area contributed by atoms with Crippen LogP contribution < -0.4 is 10.1 Å². The number of hydrogen-bond acceptors (Lipinski definition) is 5. The summed E-state index contributed by atoms with van der Waals surface area (Å²) in [5.41, 5.74) is 1.88. The van der Waals surface area contributed by atoms with Crippen LogP contribution in [0.2, 0.25) is 5.28 Å². The molecule has 6 nitrogen and oxygen atoms in total. The quantitative estimate of drug-likeness (QED) is 0.412. The van der Waals surface area contributed by atoms with Crippen molar-refractivity contribution in [2.45, 2.75) is 31.6 Å². The van der Waals surface area contributed by atoms with E-state index in [0.29, 0.717) is 23.8 Å². The fourth-order valence-electron chi connectivity index (χ4n) is 3.33. The smallest absolute Gasteiger partial charge is 0.416 e. The third-order valence-corrected chi connectivity index (χ3v) is 5.37. The molecule has 1 aliphatic rings. The van der Waals surface area contributed by atoms with Gasteiger partial charge in [0, 0.05) is 24.2 Å². The first-order valence-electron chi connectivity index (χ1n) is 9.96. The normalized spacial score (nSPS) is 14.1. The van der Waals surface area contributed by atoms with Crippen LogP contribution in [0.1, 0.15) is 24.0 Å². The molecule has 0 amide bonds. The Morgan fingerprint density at radius 1 is 1.06 bits per heavy atom. The van der Waals surface area contributed by atoms with Gasteiger partial charge in [0.2, 0.25) is 11.2 Å². The summed E-state index contributed by atoms with van der Waals surface area (Å²) in [6, 6.07) is 14.7. The van der Waals surface area contributed by atoms with Crippen LogP contribution in [0.5, 0.6) is 11.6 Å². The van der Waals surface area contributed by atoms with Crippen LogP contribution in [-0.4, -0.2) is 25.9 Å². The maximum absolute atomic E-state index is 13.4. The van der Waals surface area contributed by atoms with Gasteiger partial charge in [-0.2, -0.15) is 17.7 Å². The lowest BCUT2D eigenvalue weighted by Gasteiger charge is -2.15. The van der Waals surface area contributed by atoms with Crippen molar-refractivity contribution >= 4 is 17.2 Å². The highest BCUT2D eigenvalue weighted by Crippen LogP contribution is 2.39. The van der Waals surface area contributed by atoms with Gasteiger partial charge in [-0.3, -0.25) is 0 Å². The number of alkyl halides is 3. The maximum Gasteiger partial charge on any atom is 0.416 e. The fraction of sp³-hybridized carbons (Fsp3) is 0.227. The van der Waals surface area contributed by atoms with Crippen molar-refractivity contribution in [1.29, 1.82) is 0 Å². The van der Waals surface area contributed by atoms with Crippen molar-refractivity contribution in [1.82, 2.24) is 25.1 Å². The highest BCUT2D eigenvalue weighted by molar-refractivity contribution is 6.28. The number of nitrogens with zero attached hydrogens (tertiary/aromatic N) is 4. The lowest BCUT2D eigenvalue weighted by Crippen LogP contribution is -2.15. The lowest BCUT2D eigenvalue weighted by atomic mass is 10.00. The van der Waals surface area contributed by atoms with E-state index in [9.17, 15) is 13.2 Å². The minimum Gasteiger partial charge on any atom is -0.437 e. The number of ether oxygens (including phenoxy) is 1. The van der Waals surface area contributed by atoms with Crippen molar-refractivity contribution < 1.29 is 17.9 Å². The summed E-state index contributed by atoms with van der Waals surface area (Å²) in [4.78, 5) is 0. The van der Waals surface area contributed by atoms with E-state index in [1.54, 1.807) is 6.07 Å². The SMILES string of the molecule is FC(F)(F)c1ccc(-c2cccc(CNC3CC3)c2)c(Oc2ccc3nnc(Cl)n3n2)c1. The molecule has 32 heavy (non-hydrogen) atoms. The second-order valence-corrected chi connectivity index (χ2v) is 7.91. The third-order valence-electron chi connectivity index (χ3n) is 5.13. The maximum atomic E-state index is 13.4. The molecule has 1 N–H and O–H groups in total. The van der Waals surface area contributed by atoms with E-state index in [4.69, 9.17) is 16.3 Å². The van der Waals surface area contributed by atoms with Gasteiger partial charge in [-0.1, -0.05) is 24.3 Å². The summed E-state index contributed by atoms with van der Waals surface area (Å²) in [6.07, 6.45) is -2.17. The molecule has 10 heteroatoms. The minimum atomic E-state index is -4.51. The molecular formula is C22H17ClF3N5O. The molecule has 164 valence electrons. The number of rotatable bonds is 6. The van der Waals surface area contributed by atoms with Crippen molar-refractivity contribution in [3.8, 4) is 22.8 Å². The topological polar surface area (TPSA) is 64.3 Å².